The lowest BCUT2D eigenvalue weighted by Crippen LogP contribution is -2.02. The van der Waals surface area contributed by atoms with Crippen molar-refractivity contribution in [3.05, 3.63) is 53.1 Å². The van der Waals surface area contributed by atoms with Crippen LogP contribution < -0.4 is 0 Å². The Morgan fingerprint density at radius 1 is 0.741 bits per heavy atom. The summed E-state index contributed by atoms with van der Waals surface area (Å²) in [5.41, 5.74) is 1.21. The van der Waals surface area contributed by atoms with E-state index in [0.29, 0.717) is 0 Å². The largest absolute Gasteiger partial charge is 0.508 e. The third kappa shape index (κ3) is 6.31. The summed E-state index contributed by atoms with van der Waals surface area (Å²) in [5, 5.41) is 29.4. The molecule has 27 heavy (non-hydrogen) atoms. The fourth-order valence-electron chi connectivity index (χ4n) is 3.24. The van der Waals surface area contributed by atoms with E-state index in [4.69, 9.17) is 0 Å². The molecule has 0 amide bonds. The first-order chi connectivity index (χ1) is 13.0. The average Bonchev–Trinajstić information content (AvgIpc) is 2.63. The second-order valence-electron chi connectivity index (χ2n) is 7.11. The summed E-state index contributed by atoms with van der Waals surface area (Å²) in [6, 6.07) is 8.88. The van der Waals surface area contributed by atoms with Crippen molar-refractivity contribution < 1.29 is 20.1 Å². The number of carbonyl (C=O) groups excluding carboxylic acids is 1. The lowest BCUT2D eigenvalue weighted by molar-refractivity contribution is 0.103. The molecule has 0 heterocycles. The monoisotopic (exact) mass is 370 g/mol. The lowest BCUT2D eigenvalue weighted by Gasteiger charge is -2.09. The summed E-state index contributed by atoms with van der Waals surface area (Å²) >= 11 is 0. The molecule has 2 aromatic carbocycles. The molecule has 2 rings (SSSR count). The number of aryl methyl sites for hydroxylation is 1. The van der Waals surface area contributed by atoms with Crippen LogP contribution in [0, 0.1) is 0 Å². The summed E-state index contributed by atoms with van der Waals surface area (Å²) < 4.78 is 0. The Bertz CT molecular complexity index is 752. The van der Waals surface area contributed by atoms with Crippen molar-refractivity contribution in [2.24, 2.45) is 0 Å². The maximum Gasteiger partial charge on any atom is 0.200 e. The van der Waals surface area contributed by atoms with Gasteiger partial charge in [-0.15, -0.1) is 0 Å². The molecule has 0 aliphatic heterocycles. The van der Waals surface area contributed by atoms with E-state index < -0.39 is 5.78 Å². The van der Waals surface area contributed by atoms with E-state index in [1.54, 1.807) is 12.1 Å². The van der Waals surface area contributed by atoms with E-state index in [-0.39, 0.29) is 28.4 Å². The highest BCUT2D eigenvalue weighted by atomic mass is 16.3. The van der Waals surface area contributed by atoms with Gasteiger partial charge in [0.25, 0.3) is 0 Å². The first kappa shape index (κ1) is 20.8. The molecule has 0 aromatic heterocycles. The number of phenolic OH excluding ortho intramolecular Hbond substituents is 3. The number of hydrogen-bond donors (Lipinski definition) is 3. The van der Waals surface area contributed by atoms with Crippen LogP contribution in [0.25, 0.3) is 0 Å². The van der Waals surface area contributed by atoms with Gasteiger partial charge in [0.1, 0.15) is 17.2 Å². The minimum Gasteiger partial charge on any atom is -0.508 e. The first-order valence-corrected chi connectivity index (χ1v) is 9.91. The molecular formula is C23H30O4. The zero-order chi connectivity index (χ0) is 19.6. The van der Waals surface area contributed by atoms with E-state index in [0.717, 1.165) is 24.5 Å². The smallest absolute Gasteiger partial charge is 0.200 e. The molecule has 0 unspecified atom stereocenters. The Morgan fingerprint density at radius 3 is 1.89 bits per heavy atom. The van der Waals surface area contributed by atoms with Gasteiger partial charge in [-0.2, -0.15) is 0 Å². The number of unbranched alkanes of at least 4 members (excludes halogenated alkanes) is 7. The van der Waals surface area contributed by atoms with Crippen molar-refractivity contribution in [2.75, 3.05) is 0 Å². The lowest BCUT2D eigenvalue weighted by atomic mass is 9.98. The molecule has 146 valence electrons. The third-order valence-electron chi connectivity index (χ3n) is 4.85. The van der Waals surface area contributed by atoms with Crippen molar-refractivity contribution in [1.82, 2.24) is 0 Å². The maximum atomic E-state index is 12.5. The van der Waals surface area contributed by atoms with Gasteiger partial charge < -0.3 is 15.3 Å². The molecule has 0 radical (unpaired) electrons. The predicted molar refractivity (Wildman–Crippen MR) is 108 cm³/mol. The highest BCUT2D eigenvalue weighted by Gasteiger charge is 2.17. The summed E-state index contributed by atoms with van der Waals surface area (Å²) in [7, 11) is 0. The molecule has 0 atom stereocenters. The van der Waals surface area contributed by atoms with Crippen LogP contribution in [0.5, 0.6) is 17.2 Å². The van der Waals surface area contributed by atoms with Gasteiger partial charge >= 0.3 is 0 Å². The third-order valence-corrected chi connectivity index (χ3v) is 4.85. The second-order valence-corrected chi connectivity index (χ2v) is 7.11. The maximum absolute atomic E-state index is 12.5. The predicted octanol–water partition coefficient (Wildman–Crippen LogP) is 5.72. The molecule has 2 aromatic rings. The van der Waals surface area contributed by atoms with Gasteiger partial charge in [-0.1, -0.05) is 57.9 Å². The van der Waals surface area contributed by atoms with Crippen molar-refractivity contribution >= 4 is 5.78 Å². The van der Waals surface area contributed by atoms with Gasteiger partial charge in [0.05, 0.1) is 11.1 Å². The Labute approximate surface area is 161 Å². The summed E-state index contributed by atoms with van der Waals surface area (Å²) in [4.78, 5) is 12.5. The van der Waals surface area contributed by atoms with Gasteiger partial charge in [0.15, 0.2) is 5.78 Å². The van der Waals surface area contributed by atoms with Gasteiger partial charge in [0, 0.05) is 6.07 Å². The van der Waals surface area contributed by atoms with Crippen LogP contribution in [-0.2, 0) is 6.42 Å². The Balaban J connectivity index is 1.87. The van der Waals surface area contributed by atoms with E-state index in [9.17, 15) is 20.1 Å². The fraction of sp³-hybridized carbons (Fsp3) is 0.435. The molecule has 0 aliphatic rings. The first-order valence-electron chi connectivity index (χ1n) is 9.91. The molecule has 0 fully saturated rings. The molecule has 0 saturated carbocycles. The standard InChI is InChI=1S/C23H30O4/c1-2-3-4-5-6-7-8-9-10-17-11-13-19(21(25)15-17)23(27)20-14-12-18(24)16-22(20)26/h11-16,24-26H,2-10H2,1H3. The van der Waals surface area contributed by atoms with E-state index in [2.05, 4.69) is 6.92 Å². The van der Waals surface area contributed by atoms with Gasteiger partial charge in [-0.05, 0) is 42.7 Å². The molecule has 0 saturated heterocycles. The van der Waals surface area contributed by atoms with Crippen molar-refractivity contribution in [3.8, 4) is 17.2 Å². The van der Waals surface area contributed by atoms with E-state index in [1.807, 2.05) is 6.07 Å². The number of ketones is 1. The Hall–Kier alpha value is -2.49. The fourth-order valence-corrected chi connectivity index (χ4v) is 3.24. The van der Waals surface area contributed by atoms with Crippen molar-refractivity contribution in [2.45, 2.75) is 64.7 Å². The quantitative estimate of drug-likeness (QED) is 0.349. The highest BCUT2D eigenvalue weighted by molar-refractivity contribution is 6.12. The van der Waals surface area contributed by atoms with Crippen LogP contribution in [0.2, 0.25) is 0 Å². The van der Waals surface area contributed by atoms with Crippen molar-refractivity contribution in [3.63, 3.8) is 0 Å². The normalized spacial score (nSPS) is 10.9. The number of benzene rings is 2. The Kier molecular flexibility index (Phi) is 8.18. The minimum absolute atomic E-state index is 0.0546. The molecule has 4 heteroatoms. The van der Waals surface area contributed by atoms with E-state index in [1.165, 1.54) is 57.1 Å². The van der Waals surface area contributed by atoms with Crippen LogP contribution in [-0.4, -0.2) is 21.1 Å². The van der Waals surface area contributed by atoms with E-state index >= 15 is 0 Å². The van der Waals surface area contributed by atoms with Crippen LogP contribution in [0.3, 0.4) is 0 Å². The molecule has 0 aliphatic carbocycles. The van der Waals surface area contributed by atoms with Crippen molar-refractivity contribution in [1.29, 1.82) is 0 Å². The number of rotatable bonds is 11. The summed E-state index contributed by atoms with van der Waals surface area (Å²) in [5.74, 6) is -0.968. The van der Waals surface area contributed by atoms with Gasteiger partial charge in [-0.3, -0.25) is 4.79 Å². The zero-order valence-corrected chi connectivity index (χ0v) is 16.1. The molecular weight excluding hydrogens is 340 g/mol. The molecule has 4 nitrogen and oxygen atoms in total. The summed E-state index contributed by atoms with van der Waals surface area (Å²) in [6.07, 6.45) is 10.9. The molecule has 0 bridgehead atoms. The number of carbonyl (C=O) groups is 1. The molecule has 0 spiro atoms. The Morgan fingerprint density at radius 2 is 1.30 bits per heavy atom. The molecule has 3 N–H and O–H groups in total. The van der Waals surface area contributed by atoms with Crippen LogP contribution in [0.15, 0.2) is 36.4 Å². The average molecular weight is 370 g/mol. The number of aromatic hydroxyl groups is 3. The second kappa shape index (κ2) is 10.6. The van der Waals surface area contributed by atoms with Gasteiger partial charge in [0.2, 0.25) is 0 Å². The SMILES string of the molecule is CCCCCCCCCCc1ccc(C(=O)c2ccc(O)cc2O)c(O)c1. The number of phenols is 3. The van der Waals surface area contributed by atoms with Gasteiger partial charge in [-0.25, -0.2) is 0 Å². The minimum atomic E-state index is -0.469. The highest BCUT2D eigenvalue weighted by Crippen LogP contribution is 2.29. The van der Waals surface area contributed by atoms with Crippen LogP contribution >= 0.6 is 0 Å². The zero-order valence-electron chi connectivity index (χ0n) is 16.1. The topological polar surface area (TPSA) is 77.8 Å². The number of hydrogen-bond acceptors (Lipinski definition) is 4. The van der Waals surface area contributed by atoms with Crippen LogP contribution in [0.4, 0.5) is 0 Å². The summed E-state index contributed by atoms with van der Waals surface area (Å²) in [6.45, 7) is 2.22. The van der Waals surface area contributed by atoms with Crippen LogP contribution in [0.1, 0.15) is 79.8 Å².